The number of nitrogens with one attached hydrogen (secondary N) is 2. The summed E-state index contributed by atoms with van der Waals surface area (Å²) in [4.78, 5) is 6.71. The van der Waals surface area contributed by atoms with Crippen molar-refractivity contribution in [2.45, 2.75) is 39.8 Å². The van der Waals surface area contributed by atoms with Crippen molar-refractivity contribution in [1.29, 1.82) is 0 Å². The summed E-state index contributed by atoms with van der Waals surface area (Å²) < 4.78 is 34.6. The molecule has 3 heterocycles. The highest BCUT2D eigenvalue weighted by molar-refractivity contribution is 7.92. The van der Waals surface area contributed by atoms with Crippen LogP contribution in [0.5, 0.6) is 5.75 Å². The number of methoxy groups -OCH3 is 1. The van der Waals surface area contributed by atoms with Gasteiger partial charge in [0.15, 0.2) is 5.11 Å². The number of benzene rings is 2. The second-order valence-corrected chi connectivity index (χ2v) is 12.3. The van der Waals surface area contributed by atoms with Gasteiger partial charge in [-0.15, -0.1) is 0 Å². The van der Waals surface area contributed by atoms with Crippen molar-refractivity contribution < 1.29 is 13.2 Å². The smallest absolute Gasteiger partial charge is 0.229 e. The highest BCUT2D eigenvalue weighted by atomic mass is 32.2. The Morgan fingerprint density at radius 2 is 1.80 bits per heavy atom. The fraction of sp³-hybridized carbons (Fsp3) is 0.267. The Bertz CT molecular complexity index is 1700. The molecule has 4 aromatic rings. The lowest BCUT2D eigenvalue weighted by atomic mass is 9.96. The minimum absolute atomic E-state index is 0.241. The molecular weight excluding hydrogens is 542 g/mol. The molecule has 1 aliphatic rings. The van der Waals surface area contributed by atoms with Gasteiger partial charge in [-0.05, 0) is 99.1 Å². The molecule has 2 aromatic heterocycles. The maximum Gasteiger partial charge on any atom is 0.229 e. The Balaban J connectivity index is 1.70. The van der Waals surface area contributed by atoms with Crippen LogP contribution < -0.4 is 19.7 Å². The Labute approximate surface area is 241 Å². The molecule has 2 atom stereocenters. The average molecular weight is 576 g/mol. The molecule has 0 saturated carbocycles. The third-order valence-corrected chi connectivity index (χ3v) is 8.37. The molecule has 0 spiro atoms. The summed E-state index contributed by atoms with van der Waals surface area (Å²) in [7, 11) is -2.03. The van der Waals surface area contributed by atoms with Crippen LogP contribution in [0.2, 0.25) is 0 Å². The normalized spacial score (nSPS) is 17.1. The maximum atomic E-state index is 12.1. The molecule has 1 fully saturated rings. The standard InChI is InChI=1S/C30H33N5O3S2/c1-18-10-9-12-26(20(18)3)34-19(2)16-23(21(34)4)29-28(24-11-7-8-15-31-24)32-30(39)35(29)22-13-14-27(38-5)25(17-22)33-40(6,36)37/h7-17,28-29,33H,1-6H3,(H,32,39)/t28-,29+/m1/s1. The molecule has 0 unspecified atom stereocenters. The van der Waals surface area contributed by atoms with Crippen molar-refractivity contribution in [3.05, 3.63) is 101 Å². The van der Waals surface area contributed by atoms with E-state index < -0.39 is 10.0 Å². The number of hydrogen-bond donors (Lipinski definition) is 2. The summed E-state index contributed by atoms with van der Waals surface area (Å²) in [5, 5.41) is 4.02. The van der Waals surface area contributed by atoms with Gasteiger partial charge in [-0.1, -0.05) is 18.2 Å². The van der Waals surface area contributed by atoms with Gasteiger partial charge >= 0.3 is 0 Å². The molecule has 0 bridgehead atoms. The summed E-state index contributed by atoms with van der Waals surface area (Å²) in [5.74, 6) is 0.415. The Hall–Kier alpha value is -3.89. The van der Waals surface area contributed by atoms with Gasteiger partial charge in [0, 0.05) is 29.0 Å². The van der Waals surface area contributed by atoms with Crippen LogP contribution in [0.3, 0.4) is 0 Å². The first-order chi connectivity index (χ1) is 19.0. The van der Waals surface area contributed by atoms with Crippen molar-refractivity contribution in [2.24, 2.45) is 0 Å². The Morgan fingerprint density at radius 3 is 2.48 bits per heavy atom. The van der Waals surface area contributed by atoms with Gasteiger partial charge in [-0.3, -0.25) is 9.71 Å². The number of ether oxygens (including phenoxy) is 1. The minimum Gasteiger partial charge on any atom is -0.495 e. The number of rotatable bonds is 7. The number of sulfonamides is 1. The largest absolute Gasteiger partial charge is 0.495 e. The van der Waals surface area contributed by atoms with Crippen LogP contribution in [-0.4, -0.2) is 36.4 Å². The van der Waals surface area contributed by atoms with Gasteiger partial charge < -0.3 is 19.5 Å². The van der Waals surface area contributed by atoms with E-state index in [1.807, 2.05) is 29.2 Å². The van der Waals surface area contributed by atoms with Crippen LogP contribution in [0.4, 0.5) is 11.4 Å². The zero-order valence-corrected chi connectivity index (χ0v) is 25.0. The zero-order valence-electron chi connectivity index (χ0n) is 23.4. The predicted molar refractivity (Wildman–Crippen MR) is 164 cm³/mol. The molecular formula is C30H33N5O3S2. The van der Waals surface area contributed by atoms with E-state index in [4.69, 9.17) is 17.0 Å². The van der Waals surface area contributed by atoms with E-state index in [-0.39, 0.29) is 12.1 Å². The van der Waals surface area contributed by atoms with Gasteiger partial charge in [0.2, 0.25) is 10.0 Å². The number of pyridine rings is 1. The second-order valence-electron chi connectivity index (χ2n) is 10.1. The summed E-state index contributed by atoms with van der Waals surface area (Å²) in [5.41, 5.74) is 8.81. The molecule has 2 aromatic carbocycles. The zero-order chi connectivity index (χ0) is 28.8. The van der Waals surface area contributed by atoms with Gasteiger partial charge in [0.05, 0.1) is 36.8 Å². The predicted octanol–water partition coefficient (Wildman–Crippen LogP) is 5.66. The lowest BCUT2D eigenvalue weighted by molar-refractivity contribution is 0.417. The quantitative estimate of drug-likeness (QED) is 0.275. The van der Waals surface area contributed by atoms with Crippen molar-refractivity contribution in [2.75, 3.05) is 23.0 Å². The molecule has 40 heavy (non-hydrogen) atoms. The first-order valence-corrected chi connectivity index (χ1v) is 15.2. The lowest BCUT2D eigenvalue weighted by Gasteiger charge is -2.29. The SMILES string of the molecule is COc1ccc(N2C(=S)N[C@H](c3ccccn3)[C@@H]2c2cc(C)n(-c3cccc(C)c3C)c2C)cc1NS(C)(=O)=O. The molecule has 1 aliphatic heterocycles. The van der Waals surface area contributed by atoms with Crippen LogP contribution in [-0.2, 0) is 10.0 Å². The Kier molecular flexibility index (Phi) is 7.32. The number of anilines is 2. The second kappa shape index (κ2) is 10.6. The van der Waals surface area contributed by atoms with E-state index in [1.54, 1.807) is 18.3 Å². The molecule has 208 valence electrons. The van der Waals surface area contributed by atoms with Crippen molar-refractivity contribution >= 4 is 38.7 Å². The molecule has 0 radical (unpaired) electrons. The third kappa shape index (κ3) is 5.04. The van der Waals surface area contributed by atoms with Crippen molar-refractivity contribution in [3.8, 4) is 11.4 Å². The molecule has 8 nitrogen and oxygen atoms in total. The topological polar surface area (TPSA) is 88.5 Å². The average Bonchev–Trinajstić information content (AvgIpc) is 3.40. The lowest BCUT2D eigenvalue weighted by Crippen LogP contribution is -2.29. The van der Waals surface area contributed by atoms with E-state index in [1.165, 1.54) is 18.2 Å². The fourth-order valence-electron chi connectivity index (χ4n) is 5.51. The van der Waals surface area contributed by atoms with E-state index in [0.717, 1.165) is 40.3 Å². The van der Waals surface area contributed by atoms with Crippen molar-refractivity contribution in [1.82, 2.24) is 14.9 Å². The van der Waals surface area contributed by atoms with Crippen LogP contribution in [0.25, 0.3) is 5.69 Å². The van der Waals surface area contributed by atoms with Gasteiger partial charge in [0.1, 0.15) is 5.75 Å². The number of aryl methyl sites for hydroxylation is 2. The van der Waals surface area contributed by atoms with E-state index in [0.29, 0.717) is 16.5 Å². The molecule has 0 amide bonds. The van der Waals surface area contributed by atoms with E-state index >= 15 is 0 Å². The summed E-state index contributed by atoms with van der Waals surface area (Å²) >= 11 is 5.92. The number of aromatic nitrogens is 2. The van der Waals surface area contributed by atoms with Crippen LogP contribution >= 0.6 is 12.2 Å². The Morgan fingerprint density at radius 1 is 1.02 bits per heavy atom. The van der Waals surface area contributed by atoms with Crippen LogP contribution in [0, 0.1) is 27.7 Å². The third-order valence-electron chi connectivity index (χ3n) is 7.46. The summed E-state index contributed by atoms with van der Waals surface area (Å²) in [6.45, 7) is 8.51. The monoisotopic (exact) mass is 575 g/mol. The number of hydrogen-bond acceptors (Lipinski definition) is 5. The molecule has 10 heteroatoms. The molecule has 5 rings (SSSR count). The highest BCUT2D eigenvalue weighted by Crippen LogP contribution is 2.45. The first-order valence-electron chi connectivity index (χ1n) is 12.9. The van der Waals surface area contributed by atoms with E-state index in [2.05, 4.69) is 71.6 Å². The number of thiocarbonyl (C=S) groups is 1. The first kappa shape index (κ1) is 27.7. The minimum atomic E-state index is -3.54. The summed E-state index contributed by atoms with van der Waals surface area (Å²) in [6.07, 6.45) is 2.89. The van der Waals surface area contributed by atoms with Crippen LogP contribution in [0.15, 0.2) is 66.9 Å². The van der Waals surface area contributed by atoms with Gasteiger partial charge in [-0.25, -0.2) is 8.42 Å². The van der Waals surface area contributed by atoms with Gasteiger partial charge in [0.25, 0.3) is 0 Å². The fourth-order valence-corrected chi connectivity index (χ4v) is 6.41. The van der Waals surface area contributed by atoms with Gasteiger partial charge in [-0.2, -0.15) is 0 Å². The molecule has 0 aliphatic carbocycles. The molecule has 1 saturated heterocycles. The highest BCUT2D eigenvalue weighted by Gasteiger charge is 2.42. The maximum absolute atomic E-state index is 12.1. The van der Waals surface area contributed by atoms with E-state index in [9.17, 15) is 8.42 Å². The van der Waals surface area contributed by atoms with Crippen LogP contribution in [0.1, 0.15) is 45.9 Å². The molecule has 2 N–H and O–H groups in total. The summed E-state index contributed by atoms with van der Waals surface area (Å²) in [6, 6.07) is 19.3. The van der Waals surface area contributed by atoms with Crippen molar-refractivity contribution in [3.63, 3.8) is 0 Å². The number of nitrogens with zero attached hydrogens (tertiary/aromatic N) is 3.